The Bertz CT molecular complexity index is 253. The van der Waals surface area contributed by atoms with Crippen LogP contribution in [0.15, 0.2) is 0 Å². The van der Waals surface area contributed by atoms with E-state index < -0.39 is 5.60 Å². The van der Waals surface area contributed by atoms with E-state index in [1.807, 2.05) is 27.7 Å². The summed E-state index contributed by atoms with van der Waals surface area (Å²) in [6.07, 6.45) is 3.99. The summed E-state index contributed by atoms with van der Waals surface area (Å²) in [6.45, 7) is 7.66. The fourth-order valence-corrected chi connectivity index (χ4v) is 2.26. The molecule has 3 N–H and O–H groups in total. The number of nitrogens with one attached hydrogen (secondary N) is 1. The quantitative estimate of drug-likeness (QED) is 0.781. The van der Waals surface area contributed by atoms with Crippen LogP contribution in [0.3, 0.4) is 0 Å². The normalized spacial score (nSPS) is 27.4. The molecule has 1 aliphatic rings. The van der Waals surface area contributed by atoms with Gasteiger partial charge in [-0.25, -0.2) is 4.79 Å². The van der Waals surface area contributed by atoms with Gasteiger partial charge in [0.2, 0.25) is 0 Å². The molecule has 1 fully saturated rings. The summed E-state index contributed by atoms with van der Waals surface area (Å²) in [7, 11) is 0. The number of amides is 1. The van der Waals surface area contributed by atoms with Gasteiger partial charge in [0.05, 0.1) is 0 Å². The third-order valence-electron chi connectivity index (χ3n) is 3.27. The smallest absolute Gasteiger partial charge is 0.407 e. The SMILES string of the molecule is C[C@@H](NC(=O)OC(C)(C)C)[C@H]1CC[C@H](N)CC1. The molecule has 0 aromatic carbocycles. The van der Waals surface area contributed by atoms with E-state index in [4.69, 9.17) is 10.5 Å². The number of alkyl carbamates (subject to hydrolysis) is 1. The summed E-state index contributed by atoms with van der Waals surface area (Å²) in [5, 5.41) is 2.92. The minimum absolute atomic E-state index is 0.164. The van der Waals surface area contributed by atoms with Crippen molar-refractivity contribution in [1.29, 1.82) is 0 Å². The van der Waals surface area contributed by atoms with Crippen molar-refractivity contribution in [3.8, 4) is 0 Å². The number of carbonyl (C=O) groups is 1. The highest BCUT2D eigenvalue weighted by Gasteiger charge is 2.26. The molecule has 1 saturated carbocycles. The van der Waals surface area contributed by atoms with E-state index in [9.17, 15) is 4.79 Å². The van der Waals surface area contributed by atoms with Crippen LogP contribution in [0.4, 0.5) is 4.79 Å². The molecule has 0 unspecified atom stereocenters. The molecule has 0 aromatic heterocycles. The maximum absolute atomic E-state index is 11.6. The van der Waals surface area contributed by atoms with Gasteiger partial charge in [0.15, 0.2) is 0 Å². The predicted octanol–water partition coefficient (Wildman–Crippen LogP) is 2.42. The lowest BCUT2D eigenvalue weighted by Gasteiger charge is -2.31. The summed E-state index contributed by atoms with van der Waals surface area (Å²) < 4.78 is 5.25. The van der Waals surface area contributed by atoms with E-state index in [1.54, 1.807) is 0 Å². The Morgan fingerprint density at radius 3 is 2.29 bits per heavy atom. The van der Waals surface area contributed by atoms with Gasteiger partial charge < -0.3 is 15.8 Å². The zero-order chi connectivity index (χ0) is 13.1. The monoisotopic (exact) mass is 242 g/mol. The van der Waals surface area contributed by atoms with Gasteiger partial charge in [-0.2, -0.15) is 0 Å². The Balaban J connectivity index is 2.33. The summed E-state index contributed by atoms with van der Waals surface area (Å²) in [4.78, 5) is 11.6. The van der Waals surface area contributed by atoms with Crippen molar-refractivity contribution in [1.82, 2.24) is 5.32 Å². The van der Waals surface area contributed by atoms with E-state index in [0.717, 1.165) is 25.7 Å². The molecule has 0 bridgehead atoms. The van der Waals surface area contributed by atoms with Gasteiger partial charge in [0, 0.05) is 12.1 Å². The summed E-state index contributed by atoms with van der Waals surface area (Å²) >= 11 is 0. The number of rotatable bonds is 2. The van der Waals surface area contributed by atoms with Crippen LogP contribution in [0.5, 0.6) is 0 Å². The van der Waals surface area contributed by atoms with Crippen LogP contribution < -0.4 is 11.1 Å². The Kier molecular flexibility index (Phi) is 4.80. The molecule has 0 heterocycles. The lowest BCUT2D eigenvalue weighted by molar-refractivity contribution is 0.0483. The van der Waals surface area contributed by atoms with Crippen LogP contribution >= 0.6 is 0 Å². The highest BCUT2D eigenvalue weighted by atomic mass is 16.6. The second kappa shape index (κ2) is 5.71. The van der Waals surface area contributed by atoms with E-state index in [-0.39, 0.29) is 12.1 Å². The van der Waals surface area contributed by atoms with Gasteiger partial charge in [-0.15, -0.1) is 0 Å². The van der Waals surface area contributed by atoms with Crippen molar-refractivity contribution in [2.24, 2.45) is 11.7 Å². The second-order valence-electron chi connectivity index (χ2n) is 6.11. The number of carbonyl (C=O) groups excluding carboxylic acids is 1. The van der Waals surface area contributed by atoms with E-state index in [2.05, 4.69) is 5.32 Å². The van der Waals surface area contributed by atoms with Gasteiger partial charge in [0.1, 0.15) is 5.60 Å². The Morgan fingerprint density at radius 1 is 1.29 bits per heavy atom. The minimum Gasteiger partial charge on any atom is -0.444 e. The molecule has 1 amide bonds. The Hall–Kier alpha value is -0.770. The molecule has 100 valence electrons. The van der Waals surface area contributed by atoms with Gasteiger partial charge in [-0.3, -0.25) is 0 Å². The van der Waals surface area contributed by atoms with Crippen LogP contribution in [-0.2, 0) is 4.74 Å². The molecular formula is C13H26N2O2. The molecule has 0 aromatic rings. The zero-order valence-corrected chi connectivity index (χ0v) is 11.5. The third-order valence-corrected chi connectivity index (χ3v) is 3.27. The average Bonchev–Trinajstić information content (AvgIpc) is 2.15. The second-order valence-corrected chi connectivity index (χ2v) is 6.11. The first-order chi connectivity index (χ1) is 7.78. The molecular weight excluding hydrogens is 216 g/mol. The van der Waals surface area contributed by atoms with Crippen molar-refractivity contribution in [3.63, 3.8) is 0 Å². The van der Waals surface area contributed by atoms with Crippen molar-refractivity contribution in [2.45, 2.75) is 71.1 Å². The third kappa shape index (κ3) is 5.39. The standard InChI is InChI=1S/C13H26N2O2/c1-9(10-5-7-11(14)8-6-10)15-12(16)17-13(2,3)4/h9-11H,5-8,14H2,1-4H3,(H,15,16)/t9-,10-,11-/m1/s1. The van der Waals surface area contributed by atoms with E-state index in [0.29, 0.717) is 12.0 Å². The van der Waals surface area contributed by atoms with E-state index >= 15 is 0 Å². The Morgan fingerprint density at radius 2 is 1.82 bits per heavy atom. The lowest BCUT2D eigenvalue weighted by Crippen LogP contribution is -2.43. The molecule has 0 aliphatic heterocycles. The van der Waals surface area contributed by atoms with Gasteiger partial charge in [-0.1, -0.05) is 0 Å². The molecule has 4 nitrogen and oxygen atoms in total. The zero-order valence-electron chi connectivity index (χ0n) is 11.5. The average molecular weight is 242 g/mol. The summed E-state index contributed by atoms with van der Waals surface area (Å²) in [5.74, 6) is 0.530. The van der Waals surface area contributed by atoms with Crippen LogP contribution in [0, 0.1) is 5.92 Å². The fraction of sp³-hybridized carbons (Fsp3) is 0.923. The molecule has 4 heteroatoms. The van der Waals surface area contributed by atoms with Gasteiger partial charge >= 0.3 is 6.09 Å². The maximum atomic E-state index is 11.6. The number of hydrogen-bond donors (Lipinski definition) is 2. The lowest BCUT2D eigenvalue weighted by atomic mass is 9.82. The Labute approximate surface area is 104 Å². The number of hydrogen-bond acceptors (Lipinski definition) is 3. The molecule has 1 rings (SSSR count). The summed E-state index contributed by atoms with van der Waals surface area (Å²) in [6, 6.07) is 0.511. The van der Waals surface area contributed by atoms with Crippen molar-refractivity contribution in [3.05, 3.63) is 0 Å². The molecule has 0 spiro atoms. The first kappa shape index (κ1) is 14.3. The summed E-state index contributed by atoms with van der Waals surface area (Å²) in [5.41, 5.74) is 5.44. The molecule has 0 radical (unpaired) electrons. The first-order valence-corrected chi connectivity index (χ1v) is 6.53. The highest BCUT2D eigenvalue weighted by Crippen LogP contribution is 2.26. The fourth-order valence-electron chi connectivity index (χ4n) is 2.26. The molecule has 1 atom stereocenters. The van der Waals surface area contributed by atoms with Crippen LogP contribution in [0.25, 0.3) is 0 Å². The van der Waals surface area contributed by atoms with Crippen molar-refractivity contribution < 1.29 is 9.53 Å². The predicted molar refractivity (Wildman–Crippen MR) is 68.8 cm³/mol. The molecule has 1 aliphatic carbocycles. The van der Waals surface area contributed by atoms with E-state index in [1.165, 1.54) is 0 Å². The van der Waals surface area contributed by atoms with Crippen molar-refractivity contribution in [2.75, 3.05) is 0 Å². The first-order valence-electron chi connectivity index (χ1n) is 6.53. The van der Waals surface area contributed by atoms with Crippen LogP contribution in [0.2, 0.25) is 0 Å². The largest absolute Gasteiger partial charge is 0.444 e. The van der Waals surface area contributed by atoms with Gasteiger partial charge in [-0.05, 0) is 59.3 Å². The van der Waals surface area contributed by atoms with Crippen LogP contribution in [0.1, 0.15) is 53.4 Å². The van der Waals surface area contributed by atoms with Gasteiger partial charge in [0.25, 0.3) is 0 Å². The topological polar surface area (TPSA) is 64.3 Å². The minimum atomic E-state index is -0.432. The number of ether oxygens (including phenoxy) is 1. The molecule has 0 saturated heterocycles. The number of nitrogens with two attached hydrogens (primary N) is 1. The van der Waals surface area contributed by atoms with Crippen molar-refractivity contribution >= 4 is 6.09 Å². The highest BCUT2D eigenvalue weighted by molar-refractivity contribution is 5.68. The molecule has 17 heavy (non-hydrogen) atoms. The van der Waals surface area contributed by atoms with Crippen LogP contribution in [-0.4, -0.2) is 23.8 Å². The maximum Gasteiger partial charge on any atom is 0.407 e.